The Labute approximate surface area is 179 Å². The third-order valence-electron chi connectivity index (χ3n) is 3.83. The largest absolute Gasteiger partial charge is 0.355 e. The van der Waals surface area contributed by atoms with Gasteiger partial charge in [-0.05, 0) is 49.1 Å². The number of thioether (sulfide) groups is 1. The lowest BCUT2D eigenvalue weighted by molar-refractivity contribution is -0.122. The van der Waals surface area contributed by atoms with Crippen LogP contribution in [0.15, 0.2) is 41.6 Å². The summed E-state index contributed by atoms with van der Waals surface area (Å²) < 4.78 is 29.7. The van der Waals surface area contributed by atoms with Crippen molar-refractivity contribution in [2.24, 2.45) is 0 Å². The van der Waals surface area contributed by atoms with Crippen LogP contribution in [-0.2, 0) is 21.4 Å². The van der Waals surface area contributed by atoms with Crippen LogP contribution in [0.4, 0.5) is 0 Å². The number of aryl methyl sites for hydroxylation is 1. The predicted molar refractivity (Wildman–Crippen MR) is 113 cm³/mol. The fraction of sp³-hybridized carbons (Fsp3) is 0.412. The van der Waals surface area contributed by atoms with E-state index in [1.54, 1.807) is 10.9 Å². The van der Waals surface area contributed by atoms with Crippen molar-refractivity contribution in [3.05, 3.63) is 46.7 Å². The van der Waals surface area contributed by atoms with Gasteiger partial charge in [-0.15, -0.1) is 0 Å². The Kier molecular flexibility index (Phi) is 9.10. The molecule has 154 valence electrons. The molecule has 1 aromatic carbocycles. The highest BCUT2D eigenvalue weighted by molar-refractivity contribution is 7.98. The summed E-state index contributed by atoms with van der Waals surface area (Å²) in [6, 6.07) is 5.09. The van der Waals surface area contributed by atoms with E-state index in [-0.39, 0.29) is 20.8 Å². The Bertz CT molecular complexity index is 877. The molecule has 0 aliphatic carbocycles. The number of carbonyl (C=O) groups excluding carboxylic acids is 1. The molecule has 0 radical (unpaired) electrons. The smallest absolute Gasteiger partial charge is 0.242 e. The second-order valence-corrected chi connectivity index (χ2v) is 9.46. The topological polar surface area (TPSA) is 93.1 Å². The maximum absolute atomic E-state index is 12.7. The van der Waals surface area contributed by atoms with E-state index in [4.69, 9.17) is 23.2 Å². The SMILES string of the molecule is CSCCC(NS(=O)(=O)c1cc(Cl)ccc1Cl)C(=O)NCCCn1cccn1. The summed E-state index contributed by atoms with van der Waals surface area (Å²) in [6.45, 7) is 1.07. The number of halogens is 2. The fourth-order valence-corrected chi connectivity index (χ4v) is 4.89. The number of sulfonamides is 1. The van der Waals surface area contributed by atoms with Crippen LogP contribution in [0.25, 0.3) is 0 Å². The molecule has 0 saturated heterocycles. The van der Waals surface area contributed by atoms with Crippen LogP contribution in [0.5, 0.6) is 0 Å². The minimum absolute atomic E-state index is 0.0418. The Hall–Kier alpha value is -1.26. The van der Waals surface area contributed by atoms with Gasteiger partial charge < -0.3 is 5.32 Å². The first-order valence-corrected chi connectivity index (χ1v) is 12.2. The lowest BCUT2D eigenvalue weighted by atomic mass is 10.2. The van der Waals surface area contributed by atoms with E-state index in [0.29, 0.717) is 31.7 Å². The molecule has 1 aromatic heterocycles. The highest BCUT2D eigenvalue weighted by Crippen LogP contribution is 2.25. The number of hydrogen-bond donors (Lipinski definition) is 2. The van der Waals surface area contributed by atoms with Crippen molar-refractivity contribution in [2.75, 3.05) is 18.6 Å². The number of nitrogens with zero attached hydrogens (tertiary/aromatic N) is 2. The van der Waals surface area contributed by atoms with Crippen LogP contribution in [0.1, 0.15) is 12.8 Å². The molecular formula is C17H22Cl2N4O3S2. The van der Waals surface area contributed by atoms with Gasteiger partial charge in [0.25, 0.3) is 0 Å². The molecule has 1 atom stereocenters. The van der Waals surface area contributed by atoms with E-state index >= 15 is 0 Å². The lowest BCUT2D eigenvalue weighted by Gasteiger charge is -2.19. The van der Waals surface area contributed by atoms with E-state index in [2.05, 4.69) is 15.1 Å². The van der Waals surface area contributed by atoms with Gasteiger partial charge in [0.2, 0.25) is 15.9 Å². The maximum atomic E-state index is 12.7. The molecule has 2 aromatic rings. The number of hydrogen-bond acceptors (Lipinski definition) is 5. The van der Waals surface area contributed by atoms with E-state index in [9.17, 15) is 13.2 Å². The number of nitrogens with one attached hydrogen (secondary N) is 2. The monoisotopic (exact) mass is 464 g/mol. The third kappa shape index (κ3) is 6.97. The van der Waals surface area contributed by atoms with Crippen molar-refractivity contribution in [1.29, 1.82) is 0 Å². The van der Waals surface area contributed by atoms with Gasteiger partial charge in [-0.3, -0.25) is 9.48 Å². The van der Waals surface area contributed by atoms with Crippen LogP contribution >= 0.6 is 35.0 Å². The number of rotatable bonds is 11. The summed E-state index contributed by atoms with van der Waals surface area (Å²) in [5.41, 5.74) is 0. The molecule has 1 heterocycles. The van der Waals surface area contributed by atoms with Gasteiger partial charge in [0.1, 0.15) is 10.9 Å². The van der Waals surface area contributed by atoms with Gasteiger partial charge in [0, 0.05) is 30.5 Å². The molecule has 11 heteroatoms. The summed E-state index contributed by atoms with van der Waals surface area (Å²) in [7, 11) is -4.00. The van der Waals surface area contributed by atoms with Crippen molar-refractivity contribution < 1.29 is 13.2 Å². The molecule has 7 nitrogen and oxygen atoms in total. The highest BCUT2D eigenvalue weighted by Gasteiger charge is 2.27. The fourth-order valence-electron chi connectivity index (χ4n) is 2.42. The van der Waals surface area contributed by atoms with Gasteiger partial charge in [-0.25, -0.2) is 8.42 Å². The molecule has 2 N–H and O–H groups in total. The van der Waals surface area contributed by atoms with Gasteiger partial charge in [0.15, 0.2) is 0 Å². The first-order valence-electron chi connectivity index (χ1n) is 8.55. The van der Waals surface area contributed by atoms with Gasteiger partial charge >= 0.3 is 0 Å². The summed E-state index contributed by atoms with van der Waals surface area (Å²) in [5.74, 6) is 0.244. The molecule has 0 fully saturated rings. The average molecular weight is 465 g/mol. The average Bonchev–Trinajstić information content (AvgIpc) is 3.17. The van der Waals surface area contributed by atoms with E-state index in [1.807, 2.05) is 18.5 Å². The van der Waals surface area contributed by atoms with Crippen molar-refractivity contribution in [3.63, 3.8) is 0 Å². The molecule has 0 spiro atoms. The van der Waals surface area contributed by atoms with Crippen molar-refractivity contribution in [1.82, 2.24) is 19.8 Å². The van der Waals surface area contributed by atoms with Crippen LogP contribution in [0.3, 0.4) is 0 Å². The zero-order chi connectivity index (χ0) is 20.6. The zero-order valence-electron chi connectivity index (χ0n) is 15.3. The molecule has 1 amide bonds. The van der Waals surface area contributed by atoms with Crippen LogP contribution < -0.4 is 10.0 Å². The van der Waals surface area contributed by atoms with Crippen molar-refractivity contribution >= 4 is 50.9 Å². The Morgan fingerprint density at radius 3 is 2.82 bits per heavy atom. The number of amides is 1. The molecule has 2 rings (SSSR count). The minimum atomic E-state index is -4.00. The molecule has 0 saturated carbocycles. The summed E-state index contributed by atoms with van der Waals surface area (Å²) >= 11 is 13.4. The van der Waals surface area contributed by atoms with E-state index in [0.717, 1.165) is 0 Å². The maximum Gasteiger partial charge on any atom is 0.242 e. The molecular weight excluding hydrogens is 443 g/mol. The number of aromatic nitrogens is 2. The molecule has 0 aliphatic heterocycles. The van der Waals surface area contributed by atoms with Crippen LogP contribution in [-0.4, -0.2) is 48.7 Å². The lowest BCUT2D eigenvalue weighted by Crippen LogP contribution is -2.47. The van der Waals surface area contributed by atoms with E-state index < -0.39 is 16.1 Å². The highest BCUT2D eigenvalue weighted by atomic mass is 35.5. The summed E-state index contributed by atoms with van der Waals surface area (Å²) in [4.78, 5) is 12.4. The summed E-state index contributed by atoms with van der Waals surface area (Å²) in [5, 5.41) is 7.16. The van der Waals surface area contributed by atoms with Crippen LogP contribution in [0, 0.1) is 0 Å². The molecule has 0 aliphatic rings. The second-order valence-electron chi connectivity index (χ2n) is 5.94. The summed E-state index contributed by atoms with van der Waals surface area (Å²) in [6.07, 6.45) is 6.44. The normalized spacial score (nSPS) is 12.7. The number of carbonyl (C=O) groups is 1. The standard InChI is InChI=1S/C17H22Cl2N4O3S2/c1-27-11-6-15(17(24)20-7-2-9-23-10-3-8-21-23)22-28(25,26)16-12-13(18)4-5-14(16)19/h3-5,8,10,12,15,22H,2,6-7,9,11H2,1H3,(H,20,24). The first-order chi connectivity index (χ1) is 13.3. The zero-order valence-corrected chi connectivity index (χ0v) is 18.4. The van der Waals surface area contributed by atoms with Gasteiger partial charge in [-0.1, -0.05) is 23.2 Å². The molecule has 0 bridgehead atoms. The molecule has 1 unspecified atom stereocenters. The Morgan fingerprint density at radius 2 is 2.14 bits per heavy atom. The number of benzene rings is 1. The second kappa shape index (κ2) is 11.1. The van der Waals surface area contributed by atoms with E-state index in [1.165, 1.54) is 30.0 Å². The van der Waals surface area contributed by atoms with Crippen molar-refractivity contribution in [3.8, 4) is 0 Å². The van der Waals surface area contributed by atoms with Gasteiger partial charge in [0.05, 0.1) is 5.02 Å². The molecule has 28 heavy (non-hydrogen) atoms. The van der Waals surface area contributed by atoms with Crippen molar-refractivity contribution in [2.45, 2.75) is 30.3 Å². The minimum Gasteiger partial charge on any atom is -0.355 e. The first kappa shape index (κ1) is 23.0. The predicted octanol–water partition coefficient (Wildman–Crippen LogP) is 2.80. The van der Waals surface area contributed by atoms with Gasteiger partial charge in [-0.2, -0.15) is 21.6 Å². The Morgan fingerprint density at radius 1 is 1.36 bits per heavy atom. The quantitative estimate of drug-likeness (QED) is 0.498. The van der Waals surface area contributed by atoms with Crippen LogP contribution in [0.2, 0.25) is 10.0 Å². The Balaban J connectivity index is 2.00. The third-order valence-corrected chi connectivity index (χ3v) is 6.66.